The Bertz CT molecular complexity index is 615. The van der Waals surface area contributed by atoms with Gasteiger partial charge in [-0.05, 0) is 18.8 Å². The van der Waals surface area contributed by atoms with Gasteiger partial charge in [-0.15, -0.1) is 0 Å². The second-order valence-electron chi connectivity index (χ2n) is 6.72. The number of carbonyl (C=O) groups excluding carboxylic acids is 2. The Morgan fingerprint density at radius 2 is 2.26 bits per heavy atom. The molecular weight excluding hydrogens is 296 g/mol. The lowest BCUT2D eigenvalue weighted by atomic mass is 10.0. The van der Waals surface area contributed by atoms with E-state index in [0.29, 0.717) is 30.0 Å². The molecule has 1 aliphatic carbocycles. The van der Waals surface area contributed by atoms with Gasteiger partial charge in [-0.25, -0.2) is 4.79 Å². The van der Waals surface area contributed by atoms with Crippen molar-refractivity contribution < 1.29 is 14.3 Å². The highest BCUT2D eigenvalue weighted by molar-refractivity contribution is 5.96. The molecule has 0 radical (unpaired) electrons. The van der Waals surface area contributed by atoms with Crippen molar-refractivity contribution in [2.75, 3.05) is 26.3 Å². The van der Waals surface area contributed by atoms with Gasteiger partial charge >= 0.3 is 6.03 Å². The zero-order valence-corrected chi connectivity index (χ0v) is 13.0. The van der Waals surface area contributed by atoms with Crippen LogP contribution in [0.4, 0.5) is 4.79 Å². The van der Waals surface area contributed by atoms with Gasteiger partial charge in [0.15, 0.2) is 0 Å². The lowest BCUT2D eigenvalue weighted by Crippen LogP contribution is -2.52. The topological polar surface area (TPSA) is 75.6 Å². The van der Waals surface area contributed by atoms with Crippen LogP contribution in [-0.2, 0) is 16.1 Å². The van der Waals surface area contributed by atoms with E-state index in [9.17, 15) is 9.59 Å². The van der Waals surface area contributed by atoms with Crippen LogP contribution in [0, 0.1) is 11.3 Å². The summed E-state index contributed by atoms with van der Waals surface area (Å²) in [5.41, 5.74) is 0.931. The molecule has 0 N–H and O–H groups in total. The predicted molar refractivity (Wildman–Crippen MR) is 80.1 cm³/mol. The van der Waals surface area contributed by atoms with Gasteiger partial charge in [0.1, 0.15) is 0 Å². The van der Waals surface area contributed by atoms with E-state index < -0.39 is 0 Å². The first-order valence-corrected chi connectivity index (χ1v) is 8.10. The number of aromatic nitrogens is 2. The number of urea groups is 1. The molecule has 23 heavy (non-hydrogen) atoms. The van der Waals surface area contributed by atoms with Crippen LogP contribution >= 0.6 is 0 Å². The molecule has 2 saturated heterocycles. The highest BCUT2D eigenvalue weighted by Crippen LogP contribution is 2.58. The summed E-state index contributed by atoms with van der Waals surface area (Å²) >= 11 is 0. The van der Waals surface area contributed by atoms with Crippen molar-refractivity contribution in [3.8, 4) is 0 Å². The Kier molecular flexibility index (Phi) is 3.52. The number of imide groups is 1. The second kappa shape index (κ2) is 5.56. The number of rotatable bonds is 4. The van der Waals surface area contributed by atoms with Crippen LogP contribution in [0.25, 0.3) is 0 Å². The van der Waals surface area contributed by atoms with Crippen LogP contribution in [0.2, 0.25) is 0 Å². The summed E-state index contributed by atoms with van der Waals surface area (Å²) in [6, 6.07) is -0.201. The third kappa shape index (κ3) is 2.69. The molecule has 1 aromatic rings. The Balaban J connectivity index is 1.41. The van der Waals surface area contributed by atoms with Gasteiger partial charge < -0.3 is 9.64 Å². The molecule has 2 atom stereocenters. The van der Waals surface area contributed by atoms with Crippen LogP contribution in [0.5, 0.6) is 0 Å². The largest absolute Gasteiger partial charge is 0.381 e. The van der Waals surface area contributed by atoms with Crippen molar-refractivity contribution in [3.63, 3.8) is 0 Å². The minimum absolute atomic E-state index is 0.133. The summed E-state index contributed by atoms with van der Waals surface area (Å²) in [6.45, 7) is 3.10. The van der Waals surface area contributed by atoms with Crippen molar-refractivity contribution in [1.82, 2.24) is 19.8 Å². The number of carbonyl (C=O) groups is 2. The molecule has 7 nitrogen and oxygen atoms in total. The summed E-state index contributed by atoms with van der Waals surface area (Å²) in [5, 5.41) is 0. The monoisotopic (exact) mass is 316 g/mol. The van der Waals surface area contributed by atoms with Crippen LogP contribution in [0.15, 0.2) is 18.6 Å². The van der Waals surface area contributed by atoms with E-state index in [1.54, 1.807) is 18.6 Å². The summed E-state index contributed by atoms with van der Waals surface area (Å²) in [4.78, 5) is 36.0. The van der Waals surface area contributed by atoms with Crippen LogP contribution < -0.4 is 0 Å². The van der Waals surface area contributed by atoms with E-state index in [0.717, 1.165) is 32.6 Å². The fraction of sp³-hybridized carbons (Fsp3) is 0.625. The molecule has 3 heterocycles. The quantitative estimate of drug-likeness (QED) is 0.830. The highest BCUT2D eigenvalue weighted by Gasteiger charge is 2.57. The number of hydrogen-bond donors (Lipinski definition) is 0. The zero-order valence-electron chi connectivity index (χ0n) is 13.0. The van der Waals surface area contributed by atoms with Gasteiger partial charge in [0.25, 0.3) is 0 Å². The Morgan fingerprint density at radius 1 is 1.35 bits per heavy atom. The first-order chi connectivity index (χ1) is 11.2. The van der Waals surface area contributed by atoms with Gasteiger partial charge in [-0.3, -0.25) is 19.7 Å². The SMILES string of the molecule is O=C1CCN(CC2CC23CCOC3)C(=O)N1Cc1cnccn1. The highest BCUT2D eigenvalue weighted by atomic mass is 16.5. The van der Waals surface area contributed by atoms with E-state index in [-0.39, 0.29) is 18.5 Å². The molecule has 3 aliphatic rings. The minimum atomic E-state index is -0.201. The average molecular weight is 316 g/mol. The molecule has 1 saturated carbocycles. The molecule has 2 aliphatic heterocycles. The van der Waals surface area contributed by atoms with E-state index in [2.05, 4.69) is 9.97 Å². The van der Waals surface area contributed by atoms with Gasteiger partial charge in [0.05, 0.1) is 25.0 Å². The Hall–Kier alpha value is -2.02. The maximum atomic E-state index is 12.7. The molecule has 0 bridgehead atoms. The molecular formula is C16H20N4O3. The maximum Gasteiger partial charge on any atom is 0.327 e. The molecule has 3 fully saturated rings. The zero-order chi connectivity index (χ0) is 15.9. The number of hydrogen-bond acceptors (Lipinski definition) is 5. The molecule has 2 unspecified atom stereocenters. The summed E-state index contributed by atoms with van der Waals surface area (Å²) in [6.07, 6.45) is 7.34. The Morgan fingerprint density at radius 3 is 3.00 bits per heavy atom. The van der Waals surface area contributed by atoms with Crippen LogP contribution in [0.1, 0.15) is 25.0 Å². The van der Waals surface area contributed by atoms with Gasteiger partial charge in [-0.2, -0.15) is 0 Å². The van der Waals surface area contributed by atoms with Crippen molar-refractivity contribution in [3.05, 3.63) is 24.3 Å². The predicted octanol–water partition coefficient (Wildman–Crippen LogP) is 1.06. The fourth-order valence-electron chi connectivity index (χ4n) is 3.70. The standard InChI is InChI=1S/C16H20N4O3/c21-14-1-5-19(9-12-7-16(12)2-6-23-11-16)15(22)20(14)10-13-8-17-3-4-18-13/h3-4,8,12H,1-2,5-7,9-11H2. The normalized spacial score (nSPS) is 30.3. The van der Waals surface area contributed by atoms with Crippen molar-refractivity contribution in [2.24, 2.45) is 11.3 Å². The van der Waals surface area contributed by atoms with E-state index in [1.807, 2.05) is 4.90 Å². The first kappa shape index (κ1) is 14.6. The van der Waals surface area contributed by atoms with E-state index >= 15 is 0 Å². The lowest BCUT2D eigenvalue weighted by molar-refractivity contribution is -0.131. The first-order valence-electron chi connectivity index (χ1n) is 8.10. The van der Waals surface area contributed by atoms with Crippen molar-refractivity contribution >= 4 is 11.9 Å². The summed E-state index contributed by atoms with van der Waals surface area (Å²) in [7, 11) is 0. The molecule has 1 spiro atoms. The van der Waals surface area contributed by atoms with Crippen LogP contribution in [0.3, 0.4) is 0 Å². The third-order valence-electron chi connectivity index (χ3n) is 5.27. The second-order valence-corrected chi connectivity index (χ2v) is 6.72. The van der Waals surface area contributed by atoms with E-state index in [4.69, 9.17) is 4.74 Å². The average Bonchev–Trinajstić information content (AvgIpc) is 2.99. The summed E-state index contributed by atoms with van der Waals surface area (Å²) < 4.78 is 5.50. The Labute approximate surface area is 134 Å². The van der Waals surface area contributed by atoms with Gasteiger partial charge in [0.2, 0.25) is 5.91 Å². The van der Waals surface area contributed by atoms with Gasteiger partial charge in [0, 0.05) is 43.9 Å². The van der Waals surface area contributed by atoms with Crippen molar-refractivity contribution in [1.29, 1.82) is 0 Å². The van der Waals surface area contributed by atoms with Crippen molar-refractivity contribution in [2.45, 2.75) is 25.8 Å². The lowest BCUT2D eigenvalue weighted by Gasteiger charge is -2.34. The molecule has 1 aromatic heterocycles. The molecule has 7 heteroatoms. The third-order valence-corrected chi connectivity index (χ3v) is 5.27. The van der Waals surface area contributed by atoms with Gasteiger partial charge in [-0.1, -0.05) is 0 Å². The maximum absolute atomic E-state index is 12.7. The molecule has 0 aromatic carbocycles. The summed E-state index contributed by atoms with van der Waals surface area (Å²) in [5.74, 6) is 0.382. The smallest absolute Gasteiger partial charge is 0.327 e. The number of nitrogens with zero attached hydrogens (tertiary/aromatic N) is 4. The molecule has 3 amide bonds. The number of ether oxygens (including phenoxy) is 1. The van der Waals surface area contributed by atoms with E-state index in [1.165, 1.54) is 4.90 Å². The minimum Gasteiger partial charge on any atom is -0.381 e. The molecule has 4 rings (SSSR count). The number of amides is 3. The van der Waals surface area contributed by atoms with Crippen LogP contribution in [-0.4, -0.2) is 58.0 Å². The fourth-order valence-corrected chi connectivity index (χ4v) is 3.70. The molecule has 122 valence electrons.